The van der Waals surface area contributed by atoms with E-state index >= 15 is 0 Å². The molecular formula is C16H24B2F8Rh. The van der Waals surface area contributed by atoms with Crippen molar-refractivity contribution in [2.24, 2.45) is 0 Å². The Kier molecular flexibility index (Phi) is 22.8. The smallest absolute Gasteiger partial charge is 0.418 e. The van der Waals surface area contributed by atoms with E-state index in [0.29, 0.717) is 0 Å². The first-order chi connectivity index (χ1) is 12.0. The molecule has 0 saturated heterocycles. The average Bonchev–Trinajstić information content (AvgIpc) is 2.32. The maximum absolute atomic E-state index is 9.75. The van der Waals surface area contributed by atoms with Crippen LogP contribution < -0.4 is 0 Å². The van der Waals surface area contributed by atoms with E-state index in [0.717, 1.165) is 0 Å². The minimum Gasteiger partial charge on any atom is -0.418 e. The molecule has 0 unspecified atom stereocenters. The molecule has 0 amide bonds. The van der Waals surface area contributed by atoms with Crippen LogP contribution >= 0.6 is 0 Å². The zero-order valence-corrected chi connectivity index (χ0v) is 16.4. The van der Waals surface area contributed by atoms with E-state index in [-0.39, 0.29) is 19.5 Å². The van der Waals surface area contributed by atoms with E-state index in [1.54, 1.807) is 0 Å². The van der Waals surface area contributed by atoms with Crippen molar-refractivity contribution in [3.63, 3.8) is 0 Å². The summed E-state index contributed by atoms with van der Waals surface area (Å²) in [6.07, 6.45) is 28.0. The summed E-state index contributed by atoms with van der Waals surface area (Å²) in [5.41, 5.74) is 0. The van der Waals surface area contributed by atoms with Crippen LogP contribution in [-0.4, -0.2) is 14.5 Å². The summed E-state index contributed by atoms with van der Waals surface area (Å²) in [4.78, 5) is 0. The normalized spacial score (nSPS) is 21.0. The van der Waals surface area contributed by atoms with Crippen LogP contribution in [0.4, 0.5) is 34.5 Å². The Bertz CT molecular complexity index is 325. The van der Waals surface area contributed by atoms with Crippen LogP contribution in [0.15, 0.2) is 48.6 Å². The van der Waals surface area contributed by atoms with Gasteiger partial charge in [0.15, 0.2) is 0 Å². The number of hydrogen-bond donors (Lipinski definition) is 0. The van der Waals surface area contributed by atoms with Gasteiger partial charge in [-0.3, -0.25) is 0 Å². The van der Waals surface area contributed by atoms with E-state index < -0.39 is 14.5 Å². The third-order valence-corrected chi connectivity index (χ3v) is 2.67. The molecule has 0 aromatic heterocycles. The van der Waals surface area contributed by atoms with Crippen molar-refractivity contribution in [2.45, 2.75) is 51.4 Å². The number of rotatable bonds is 0. The molecule has 0 atom stereocenters. The van der Waals surface area contributed by atoms with Crippen molar-refractivity contribution < 1.29 is 54.0 Å². The molecule has 11 heteroatoms. The molecule has 0 aromatic carbocycles. The SMILES string of the molecule is C1=C\CC/C=C\CC/1.C1=C\CC/C=C\CC/1.F[B-](F)(F)F.F[B-](F)(F)F.[Rh+2]. The fraction of sp³-hybridized carbons (Fsp3) is 0.500. The van der Waals surface area contributed by atoms with Crippen LogP contribution in [0, 0.1) is 0 Å². The summed E-state index contributed by atoms with van der Waals surface area (Å²) in [5.74, 6) is 0. The number of hydrogen-bond acceptors (Lipinski definition) is 0. The van der Waals surface area contributed by atoms with Crippen LogP contribution in [0.2, 0.25) is 0 Å². The minimum absolute atomic E-state index is 0. The molecule has 159 valence electrons. The molecule has 0 aliphatic heterocycles. The third kappa shape index (κ3) is 58.7. The summed E-state index contributed by atoms with van der Waals surface area (Å²) in [7, 11) is -12.0. The molecule has 1 radical (unpaired) electrons. The molecule has 0 fully saturated rings. The molecule has 0 heterocycles. The van der Waals surface area contributed by atoms with E-state index in [1.807, 2.05) is 0 Å². The standard InChI is InChI=1S/2C8H12.2BF4.Rh/c2*1-2-4-6-8-7-5-3-1;2*2-1(3,4)5;/h2*1-2,7-8H,3-6H2;;;/q;;2*-1;+2/b2*2-1-,8-7-;;;. The molecule has 0 saturated carbocycles. The molecule has 2 rings (SSSR count). The van der Waals surface area contributed by atoms with Crippen LogP contribution in [0.5, 0.6) is 0 Å². The van der Waals surface area contributed by atoms with Gasteiger partial charge in [0, 0.05) is 0 Å². The van der Waals surface area contributed by atoms with E-state index in [4.69, 9.17) is 0 Å². The summed E-state index contributed by atoms with van der Waals surface area (Å²) in [6.45, 7) is 0. The summed E-state index contributed by atoms with van der Waals surface area (Å²) in [5, 5.41) is 0. The zero-order chi connectivity index (χ0) is 20.3. The molecular weight excluding hydrogens is 469 g/mol. The Morgan fingerprint density at radius 3 is 0.481 bits per heavy atom. The van der Waals surface area contributed by atoms with Gasteiger partial charge in [-0.05, 0) is 51.4 Å². The Labute approximate surface area is 168 Å². The third-order valence-electron chi connectivity index (χ3n) is 2.67. The first-order valence-electron chi connectivity index (χ1n) is 8.35. The first kappa shape index (κ1) is 30.9. The Balaban J connectivity index is -0.000000289. The molecule has 2 aliphatic carbocycles. The summed E-state index contributed by atoms with van der Waals surface area (Å²) >= 11 is 0. The largest absolute Gasteiger partial charge is 2.00 e. The van der Waals surface area contributed by atoms with Crippen molar-refractivity contribution in [3.8, 4) is 0 Å². The van der Waals surface area contributed by atoms with Crippen molar-refractivity contribution in [3.05, 3.63) is 48.6 Å². The van der Waals surface area contributed by atoms with Crippen LogP contribution in [0.25, 0.3) is 0 Å². The van der Waals surface area contributed by atoms with Gasteiger partial charge in [-0.2, -0.15) is 0 Å². The predicted molar refractivity (Wildman–Crippen MR) is 93.9 cm³/mol. The Hall–Kier alpha value is -0.847. The fourth-order valence-corrected chi connectivity index (χ4v) is 1.71. The van der Waals surface area contributed by atoms with Gasteiger partial charge in [0.25, 0.3) is 0 Å². The second-order valence-corrected chi connectivity index (χ2v) is 5.18. The van der Waals surface area contributed by atoms with Gasteiger partial charge in [0.2, 0.25) is 0 Å². The second-order valence-electron chi connectivity index (χ2n) is 5.18. The molecule has 0 aromatic rings. The second kappa shape index (κ2) is 19.9. The van der Waals surface area contributed by atoms with Gasteiger partial charge >= 0.3 is 34.0 Å². The van der Waals surface area contributed by atoms with Gasteiger partial charge in [0.05, 0.1) is 0 Å². The van der Waals surface area contributed by atoms with Crippen molar-refractivity contribution in [2.75, 3.05) is 0 Å². The fourth-order valence-electron chi connectivity index (χ4n) is 1.71. The van der Waals surface area contributed by atoms with Gasteiger partial charge in [0.1, 0.15) is 0 Å². The van der Waals surface area contributed by atoms with Crippen molar-refractivity contribution in [1.29, 1.82) is 0 Å². The molecule has 27 heavy (non-hydrogen) atoms. The van der Waals surface area contributed by atoms with E-state index in [2.05, 4.69) is 48.6 Å². The van der Waals surface area contributed by atoms with Gasteiger partial charge < -0.3 is 34.5 Å². The topological polar surface area (TPSA) is 0 Å². The van der Waals surface area contributed by atoms with E-state index in [1.165, 1.54) is 51.4 Å². The Morgan fingerprint density at radius 1 is 0.333 bits per heavy atom. The van der Waals surface area contributed by atoms with E-state index in [9.17, 15) is 34.5 Å². The van der Waals surface area contributed by atoms with Gasteiger partial charge in [-0.1, -0.05) is 48.6 Å². The zero-order valence-electron chi connectivity index (χ0n) is 14.8. The first-order valence-corrected chi connectivity index (χ1v) is 8.35. The molecule has 0 bridgehead atoms. The predicted octanol–water partition coefficient (Wildman–Crippen LogP) is 7.94. The summed E-state index contributed by atoms with van der Waals surface area (Å²) < 4.78 is 78.0. The van der Waals surface area contributed by atoms with Crippen LogP contribution in [0.1, 0.15) is 51.4 Å². The number of allylic oxidation sites excluding steroid dienone is 8. The quantitative estimate of drug-likeness (QED) is 0.183. The number of halogens is 8. The van der Waals surface area contributed by atoms with Crippen LogP contribution in [-0.2, 0) is 19.5 Å². The van der Waals surface area contributed by atoms with Crippen molar-refractivity contribution >= 4 is 14.5 Å². The maximum atomic E-state index is 9.75. The molecule has 2 aliphatic rings. The maximum Gasteiger partial charge on any atom is 2.00 e. The van der Waals surface area contributed by atoms with Crippen LogP contribution in [0.3, 0.4) is 0 Å². The average molecular weight is 493 g/mol. The molecule has 0 nitrogen and oxygen atoms in total. The molecule has 0 spiro atoms. The van der Waals surface area contributed by atoms with Gasteiger partial charge in [-0.25, -0.2) is 0 Å². The Morgan fingerprint density at radius 2 is 0.407 bits per heavy atom. The van der Waals surface area contributed by atoms with Crippen molar-refractivity contribution in [1.82, 2.24) is 0 Å². The minimum atomic E-state index is -6.00. The molecule has 0 N–H and O–H groups in total. The van der Waals surface area contributed by atoms with Gasteiger partial charge in [-0.15, -0.1) is 0 Å². The monoisotopic (exact) mass is 493 g/mol. The summed E-state index contributed by atoms with van der Waals surface area (Å²) in [6, 6.07) is 0.